The van der Waals surface area contributed by atoms with Crippen molar-refractivity contribution >= 4 is 17.7 Å². The van der Waals surface area contributed by atoms with Gasteiger partial charge in [-0.15, -0.1) is 0 Å². The molecule has 0 radical (unpaired) electrons. The van der Waals surface area contributed by atoms with Crippen LogP contribution in [0.2, 0.25) is 0 Å². The lowest BCUT2D eigenvalue weighted by Crippen LogP contribution is -2.54. The van der Waals surface area contributed by atoms with Crippen molar-refractivity contribution in [3.63, 3.8) is 0 Å². The molecule has 2 aliphatic heterocycles. The summed E-state index contributed by atoms with van der Waals surface area (Å²) in [5, 5.41) is 2.92. The van der Waals surface area contributed by atoms with E-state index < -0.39 is 11.6 Å². The highest BCUT2D eigenvalue weighted by Crippen LogP contribution is 2.38. The molecular formula is C25H29N3O5. The molecule has 0 unspecified atom stereocenters. The number of amides is 3. The molecule has 0 bridgehead atoms. The van der Waals surface area contributed by atoms with Gasteiger partial charge in [-0.1, -0.05) is 25.8 Å². The number of carbonyl (C=O) groups is 3. The number of aromatic nitrogens is 1. The van der Waals surface area contributed by atoms with Gasteiger partial charge in [-0.3, -0.25) is 14.5 Å². The highest BCUT2D eigenvalue weighted by molar-refractivity contribution is 6.11. The van der Waals surface area contributed by atoms with Crippen molar-refractivity contribution in [2.75, 3.05) is 13.3 Å². The number of ether oxygens (including phenoxy) is 2. The van der Waals surface area contributed by atoms with Crippen LogP contribution in [0.1, 0.15) is 59.9 Å². The van der Waals surface area contributed by atoms with E-state index in [0.717, 1.165) is 52.6 Å². The number of fused-ring (bicyclic) bond motifs is 1. The Morgan fingerprint density at radius 2 is 1.94 bits per heavy atom. The Morgan fingerprint density at radius 3 is 2.73 bits per heavy atom. The fraction of sp³-hybridized carbons (Fsp3) is 0.480. The third-order valence-corrected chi connectivity index (χ3v) is 7.45. The summed E-state index contributed by atoms with van der Waals surface area (Å²) in [6, 6.07) is 7.18. The minimum absolute atomic E-state index is 0.0644. The first kappa shape index (κ1) is 21.6. The van der Waals surface area contributed by atoms with E-state index in [-0.39, 0.29) is 30.9 Å². The zero-order valence-electron chi connectivity index (χ0n) is 19.3. The van der Waals surface area contributed by atoms with E-state index in [1.165, 1.54) is 0 Å². The molecule has 33 heavy (non-hydrogen) atoms. The van der Waals surface area contributed by atoms with Crippen molar-refractivity contribution in [3.8, 4) is 11.5 Å². The van der Waals surface area contributed by atoms with Crippen molar-refractivity contribution in [1.29, 1.82) is 0 Å². The van der Waals surface area contributed by atoms with Crippen LogP contribution in [0.25, 0.3) is 0 Å². The van der Waals surface area contributed by atoms with Crippen LogP contribution in [-0.4, -0.2) is 46.1 Å². The summed E-state index contributed by atoms with van der Waals surface area (Å²) in [6.45, 7) is 6.40. The van der Waals surface area contributed by atoms with Gasteiger partial charge in [-0.05, 0) is 56.4 Å². The zero-order valence-corrected chi connectivity index (χ0v) is 19.3. The number of imide groups is 1. The summed E-state index contributed by atoms with van der Waals surface area (Å²) in [4.78, 5) is 40.2. The van der Waals surface area contributed by atoms with Gasteiger partial charge in [0.05, 0.1) is 6.54 Å². The third-order valence-electron chi connectivity index (χ3n) is 7.45. The number of carbonyl (C=O) groups excluding carboxylic acids is 3. The van der Waals surface area contributed by atoms with Gasteiger partial charge >= 0.3 is 6.03 Å². The van der Waals surface area contributed by atoms with Crippen molar-refractivity contribution in [3.05, 3.63) is 46.8 Å². The van der Waals surface area contributed by atoms with E-state index in [2.05, 4.69) is 9.88 Å². The molecule has 3 amide bonds. The topological polar surface area (TPSA) is 89.9 Å². The minimum atomic E-state index is -0.855. The zero-order chi connectivity index (χ0) is 23.3. The Balaban J connectivity index is 1.34. The number of hydrogen-bond donors (Lipinski definition) is 1. The first-order chi connectivity index (χ1) is 15.8. The Kier molecular flexibility index (Phi) is 5.18. The van der Waals surface area contributed by atoms with E-state index in [1.54, 1.807) is 0 Å². The van der Waals surface area contributed by atoms with Crippen LogP contribution in [0.5, 0.6) is 11.5 Å². The van der Waals surface area contributed by atoms with E-state index >= 15 is 0 Å². The van der Waals surface area contributed by atoms with Crippen LogP contribution >= 0.6 is 0 Å². The quantitative estimate of drug-likeness (QED) is 0.555. The summed E-state index contributed by atoms with van der Waals surface area (Å²) < 4.78 is 12.9. The van der Waals surface area contributed by atoms with Crippen molar-refractivity contribution in [1.82, 2.24) is 14.8 Å². The predicted octanol–water partition coefficient (Wildman–Crippen LogP) is 3.57. The lowest BCUT2D eigenvalue weighted by molar-refractivity contribution is -0.133. The largest absolute Gasteiger partial charge is 0.454 e. The Labute approximate surface area is 192 Å². The molecule has 1 saturated heterocycles. The van der Waals surface area contributed by atoms with Gasteiger partial charge in [0.2, 0.25) is 6.79 Å². The Hall–Kier alpha value is -3.29. The maximum atomic E-state index is 13.2. The van der Waals surface area contributed by atoms with Gasteiger partial charge < -0.3 is 19.4 Å². The fourth-order valence-corrected chi connectivity index (χ4v) is 5.42. The fourth-order valence-electron chi connectivity index (χ4n) is 5.42. The van der Waals surface area contributed by atoms with Crippen LogP contribution in [0.4, 0.5) is 4.79 Å². The van der Waals surface area contributed by atoms with E-state index in [9.17, 15) is 14.4 Å². The standard InChI is InChI=1S/C25H29N3O5/c1-15-6-4-5-9-25(15)23(30)28(24(31)26-25)13-20(29)19-10-16(2)27(17(19)3)12-18-7-8-21-22(11-18)33-14-32-21/h7-8,10-11,15H,4-6,9,12-14H2,1-3H3,(H,26,31)/t15-,25-/m1/s1. The van der Waals surface area contributed by atoms with Crippen LogP contribution in [0, 0.1) is 19.8 Å². The molecule has 2 aromatic rings. The second kappa shape index (κ2) is 7.93. The number of ketones is 1. The summed E-state index contributed by atoms with van der Waals surface area (Å²) >= 11 is 0. The summed E-state index contributed by atoms with van der Waals surface area (Å²) in [5.74, 6) is 1.02. The second-order valence-electron chi connectivity index (χ2n) is 9.42. The number of aryl methyl sites for hydroxylation is 1. The third kappa shape index (κ3) is 3.48. The van der Waals surface area contributed by atoms with E-state index in [4.69, 9.17) is 9.47 Å². The summed E-state index contributed by atoms with van der Waals surface area (Å²) in [7, 11) is 0. The molecule has 1 aromatic carbocycles. The number of nitrogens with zero attached hydrogens (tertiary/aromatic N) is 2. The van der Waals surface area contributed by atoms with Gasteiger partial charge in [0.15, 0.2) is 17.3 Å². The van der Waals surface area contributed by atoms with Gasteiger partial charge in [-0.25, -0.2) is 4.79 Å². The highest BCUT2D eigenvalue weighted by Gasteiger charge is 2.55. The smallest absolute Gasteiger partial charge is 0.325 e. The molecule has 2 fully saturated rings. The number of urea groups is 1. The molecule has 2 atom stereocenters. The molecule has 5 rings (SSSR count). The molecule has 1 aromatic heterocycles. The first-order valence-corrected chi connectivity index (χ1v) is 11.5. The second-order valence-corrected chi connectivity index (χ2v) is 9.42. The summed E-state index contributed by atoms with van der Waals surface area (Å²) in [5.41, 5.74) is 2.45. The molecule has 1 aliphatic carbocycles. The Bertz CT molecular complexity index is 1150. The Morgan fingerprint density at radius 1 is 1.15 bits per heavy atom. The molecule has 1 N–H and O–H groups in total. The van der Waals surface area contributed by atoms with Gasteiger partial charge in [-0.2, -0.15) is 0 Å². The van der Waals surface area contributed by atoms with Crippen LogP contribution in [-0.2, 0) is 11.3 Å². The van der Waals surface area contributed by atoms with Crippen molar-refractivity contribution < 1.29 is 23.9 Å². The lowest BCUT2D eigenvalue weighted by atomic mass is 9.73. The number of nitrogens with one attached hydrogen (secondary N) is 1. The maximum Gasteiger partial charge on any atom is 0.325 e. The average Bonchev–Trinajstić information content (AvgIpc) is 3.43. The van der Waals surface area contributed by atoms with E-state index in [0.29, 0.717) is 18.5 Å². The average molecular weight is 452 g/mol. The molecule has 174 valence electrons. The number of rotatable bonds is 5. The molecule has 8 heteroatoms. The molecular weight excluding hydrogens is 422 g/mol. The van der Waals surface area contributed by atoms with Gasteiger partial charge in [0, 0.05) is 23.5 Å². The molecule has 3 heterocycles. The van der Waals surface area contributed by atoms with Crippen LogP contribution in [0.15, 0.2) is 24.3 Å². The number of hydrogen-bond acceptors (Lipinski definition) is 5. The molecule has 8 nitrogen and oxygen atoms in total. The maximum absolute atomic E-state index is 13.2. The molecule has 1 saturated carbocycles. The number of benzene rings is 1. The van der Waals surface area contributed by atoms with Gasteiger partial charge in [0.25, 0.3) is 5.91 Å². The summed E-state index contributed by atoms with van der Waals surface area (Å²) in [6.07, 6.45) is 3.49. The normalized spacial score (nSPS) is 24.0. The SMILES string of the molecule is Cc1cc(C(=O)CN2C(=O)N[C@@]3(CCCC[C@H]3C)C2=O)c(C)n1Cc1ccc2c(c1)OCO2. The predicted molar refractivity (Wildman–Crippen MR) is 121 cm³/mol. The van der Waals surface area contributed by atoms with Crippen molar-refractivity contribution in [2.45, 2.75) is 58.5 Å². The first-order valence-electron chi connectivity index (χ1n) is 11.5. The minimum Gasteiger partial charge on any atom is -0.454 e. The van der Waals surface area contributed by atoms with Crippen molar-refractivity contribution in [2.24, 2.45) is 5.92 Å². The van der Waals surface area contributed by atoms with Crippen LogP contribution < -0.4 is 14.8 Å². The highest BCUT2D eigenvalue weighted by atomic mass is 16.7. The molecule has 3 aliphatic rings. The lowest BCUT2D eigenvalue weighted by Gasteiger charge is -2.36. The monoisotopic (exact) mass is 451 g/mol. The van der Waals surface area contributed by atoms with E-state index in [1.807, 2.05) is 45.0 Å². The number of Topliss-reactive ketones (excluding diaryl/α,β-unsaturated/α-hetero) is 1. The van der Waals surface area contributed by atoms with Crippen LogP contribution in [0.3, 0.4) is 0 Å². The molecule has 1 spiro atoms. The van der Waals surface area contributed by atoms with Gasteiger partial charge in [0.1, 0.15) is 5.54 Å².